The fourth-order valence-corrected chi connectivity index (χ4v) is 4.02. The predicted octanol–water partition coefficient (Wildman–Crippen LogP) is 1.32. The molecule has 0 bridgehead atoms. The standard InChI is InChI=1S/C12H14N4O3S2/c1-9(17)15-12-14-7-11(20-12)21(18,19)16(2)8-10-4-3-5-13-6-10/h3-7H,8H2,1-2H3,(H,14,15,17). The lowest BCUT2D eigenvalue weighted by Gasteiger charge is -2.15. The van der Waals surface area contributed by atoms with Crippen molar-refractivity contribution in [3.05, 3.63) is 36.3 Å². The number of hydrogen-bond acceptors (Lipinski definition) is 6. The molecule has 0 atom stereocenters. The molecule has 0 aliphatic heterocycles. The third kappa shape index (κ3) is 3.84. The average Bonchev–Trinajstić information content (AvgIpc) is 2.88. The molecule has 9 heteroatoms. The molecule has 7 nitrogen and oxygen atoms in total. The number of anilines is 1. The Balaban J connectivity index is 2.17. The monoisotopic (exact) mass is 326 g/mol. The van der Waals surface area contributed by atoms with Gasteiger partial charge in [0.15, 0.2) is 9.34 Å². The Labute approximate surface area is 126 Å². The molecule has 0 unspecified atom stereocenters. The molecular weight excluding hydrogens is 312 g/mol. The van der Waals surface area contributed by atoms with Crippen molar-refractivity contribution in [1.82, 2.24) is 14.3 Å². The van der Waals surface area contributed by atoms with Crippen molar-refractivity contribution in [1.29, 1.82) is 0 Å². The number of rotatable bonds is 5. The van der Waals surface area contributed by atoms with Crippen LogP contribution in [0.1, 0.15) is 12.5 Å². The second kappa shape index (κ2) is 6.29. The zero-order valence-corrected chi connectivity index (χ0v) is 13.1. The summed E-state index contributed by atoms with van der Waals surface area (Å²) in [5.41, 5.74) is 0.787. The number of hydrogen-bond donors (Lipinski definition) is 1. The summed E-state index contributed by atoms with van der Waals surface area (Å²) in [5.74, 6) is -0.294. The molecule has 1 amide bonds. The minimum Gasteiger partial charge on any atom is -0.302 e. The molecule has 0 saturated heterocycles. The molecule has 21 heavy (non-hydrogen) atoms. The third-order valence-electron chi connectivity index (χ3n) is 2.56. The van der Waals surface area contributed by atoms with E-state index in [1.807, 2.05) is 0 Å². The summed E-state index contributed by atoms with van der Waals surface area (Å²) in [6, 6.07) is 3.55. The van der Waals surface area contributed by atoms with E-state index in [1.54, 1.807) is 24.5 Å². The summed E-state index contributed by atoms with van der Waals surface area (Å²) in [5, 5.41) is 2.72. The zero-order valence-electron chi connectivity index (χ0n) is 11.5. The van der Waals surface area contributed by atoms with Crippen LogP contribution in [0.15, 0.2) is 34.9 Å². The number of carbonyl (C=O) groups is 1. The fraction of sp³-hybridized carbons (Fsp3) is 0.250. The number of nitrogens with one attached hydrogen (secondary N) is 1. The van der Waals surface area contributed by atoms with Crippen molar-refractivity contribution in [2.24, 2.45) is 0 Å². The van der Waals surface area contributed by atoms with E-state index in [-0.39, 0.29) is 21.8 Å². The predicted molar refractivity (Wildman–Crippen MR) is 79.3 cm³/mol. The second-order valence-electron chi connectivity index (χ2n) is 4.29. The third-order valence-corrected chi connectivity index (χ3v) is 5.71. The maximum atomic E-state index is 12.4. The highest BCUT2D eigenvalue weighted by atomic mass is 32.2. The van der Waals surface area contributed by atoms with E-state index in [4.69, 9.17) is 0 Å². The molecule has 0 aliphatic carbocycles. The molecule has 0 aliphatic rings. The van der Waals surface area contributed by atoms with E-state index >= 15 is 0 Å². The van der Waals surface area contributed by atoms with E-state index in [2.05, 4.69) is 15.3 Å². The lowest BCUT2D eigenvalue weighted by Crippen LogP contribution is -2.25. The van der Waals surface area contributed by atoms with Crippen LogP contribution in [0.4, 0.5) is 5.13 Å². The molecule has 1 N–H and O–H groups in total. The summed E-state index contributed by atoms with van der Waals surface area (Å²) in [6.45, 7) is 1.55. The molecule has 0 aromatic carbocycles. The topological polar surface area (TPSA) is 92.3 Å². The molecule has 112 valence electrons. The Kier molecular flexibility index (Phi) is 4.66. The lowest BCUT2D eigenvalue weighted by molar-refractivity contribution is -0.114. The van der Waals surface area contributed by atoms with Crippen LogP contribution in [0.2, 0.25) is 0 Å². The average molecular weight is 326 g/mol. The number of thiazole rings is 1. The van der Waals surface area contributed by atoms with Crippen molar-refractivity contribution in [3.63, 3.8) is 0 Å². The van der Waals surface area contributed by atoms with Gasteiger partial charge >= 0.3 is 0 Å². The Morgan fingerprint density at radius 3 is 2.81 bits per heavy atom. The first-order chi connectivity index (χ1) is 9.89. The Bertz CT molecular complexity index is 728. The van der Waals surface area contributed by atoms with Crippen molar-refractivity contribution >= 4 is 32.4 Å². The Morgan fingerprint density at radius 1 is 1.43 bits per heavy atom. The molecule has 2 heterocycles. The van der Waals surface area contributed by atoms with Crippen molar-refractivity contribution < 1.29 is 13.2 Å². The van der Waals surface area contributed by atoms with Crippen LogP contribution in [-0.4, -0.2) is 35.6 Å². The van der Waals surface area contributed by atoms with Crippen molar-refractivity contribution in [2.45, 2.75) is 17.7 Å². The number of pyridine rings is 1. The van der Waals surface area contributed by atoms with Gasteiger partial charge in [0.1, 0.15) is 0 Å². The minimum absolute atomic E-state index is 0.0811. The maximum absolute atomic E-state index is 12.4. The van der Waals surface area contributed by atoms with Crippen LogP contribution >= 0.6 is 11.3 Å². The highest BCUT2D eigenvalue weighted by molar-refractivity contribution is 7.91. The number of nitrogens with zero attached hydrogens (tertiary/aromatic N) is 3. The second-order valence-corrected chi connectivity index (χ2v) is 7.59. The SMILES string of the molecule is CC(=O)Nc1ncc(S(=O)(=O)N(C)Cc2cccnc2)s1. The van der Waals surface area contributed by atoms with Gasteiger partial charge in [0.25, 0.3) is 10.0 Å². The van der Waals surface area contributed by atoms with Gasteiger partial charge in [-0.1, -0.05) is 17.4 Å². The number of aromatic nitrogens is 2. The fourth-order valence-electron chi connectivity index (χ4n) is 1.57. The van der Waals surface area contributed by atoms with Gasteiger partial charge in [-0.25, -0.2) is 13.4 Å². The quantitative estimate of drug-likeness (QED) is 0.894. The Hall–Kier alpha value is -1.84. The summed E-state index contributed by atoms with van der Waals surface area (Å²) in [7, 11) is -2.16. The molecule has 2 aromatic rings. The van der Waals surface area contributed by atoms with Gasteiger partial charge in [0.2, 0.25) is 5.91 Å². The van der Waals surface area contributed by atoms with Crippen molar-refractivity contribution in [2.75, 3.05) is 12.4 Å². The summed E-state index contributed by atoms with van der Waals surface area (Å²) in [6.07, 6.45) is 4.48. The minimum atomic E-state index is -3.64. The molecule has 0 radical (unpaired) electrons. The summed E-state index contributed by atoms with van der Waals surface area (Å²) >= 11 is 0.919. The van der Waals surface area contributed by atoms with Crippen LogP contribution < -0.4 is 5.32 Å². The van der Waals surface area contributed by atoms with Gasteiger partial charge in [-0.2, -0.15) is 4.31 Å². The molecule has 2 aromatic heterocycles. The first-order valence-corrected chi connectivity index (χ1v) is 8.24. The van der Waals surface area contributed by atoms with Gasteiger partial charge in [-0.3, -0.25) is 9.78 Å². The first kappa shape index (κ1) is 15.5. The smallest absolute Gasteiger partial charge is 0.254 e. The van der Waals surface area contributed by atoms with Crippen LogP contribution in [0.5, 0.6) is 0 Å². The van der Waals surface area contributed by atoms with Gasteiger partial charge in [0, 0.05) is 32.9 Å². The van der Waals surface area contributed by atoms with Crippen LogP contribution in [-0.2, 0) is 21.4 Å². The van der Waals surface area contributed by atoms with E-state index in [1.165, 1.54) is 24.5 Å². The lowest BCUT2D eigenvalue weighted by atomic mass is 10.3. The normalized spacial score (nSPS) is 11.6. The highest BCUT2D eigenvalue weighted by Crippen LogP contribution is 2.25. The van der Waals surface area contributed by atoms with Crippen LogP contribution in [0.25, 0.3) is 0 Å². The first-order valence-electron chi connectivity index (χ1n) is 5.98. The van der Waals surface area contributed by atoms with Gasteiger partial charge < -0.3 is 5.32 Å². The van der Waals surface area contributed by atoms with Crippen LogP contribution in [0.3, 0.4) is 0 Å². The molecule has 0 spiro atoms. The van der Waals surface area contributed by atoms with E-state index in [0.29, 0.717) is 0 Å². The van der Waals surface area contributed by atoms with Gasteiger partial charge in [0.05, 0.1) is 6.20 Å². The molecule has 0 saturated carbocycles. The van der Waals surface area contributed by atoms with E-state index in [9.17, 15) is 13.2 Å². The molecular formula is C12H14N4O3S2. The number of sulfonamides is 1. The highest BCUT2D eigenvalue weighted by Gasteiger charge is 2.24. The van der Waals surface area contributed by atoms with Crippen molar-refractivity contribution in [3.8, 4) is 0 Å². The molecule has 0 fully saturated rings. The van der Waals surface area contributed by atoms with E-state index in [0.717, 1.165) is 16.9 Å². The van der Waals surface area contributed by atoms with Gasteiger partial charge in [-0.15, -0.1) is 0 Å². The molecule has 2 rings (SSSR count). The van der Waals surface area contributed by atoms with Crippen LogP contribution in [0, 0.1) is 0 Å². The largest absolute Gasteiger partial charge is 0.302 e. The Morgan fingerprint density at radius 2 is 2.19 bits per heavy atom. The summed E-state index contributed by atoms with van der Waals surface area (Å²) < 4.78 is 26.1. The zero-order chi connectivity index (χ0) is 15.5. The number of amides is 1. The van der Waals surface area contributed by atoms with Gasteiger partial charge in [-0.05, 0) is 11.6 Å². The maximum Gasteiger partial charge on any atom is 0.254 e. The summed E-state index contributed by atoms with van der Waals surface area (Å²) in [4.78, 5) is 18.8. The number of carbonyl (C=O) groups excluding carboxylic acids is 1. The van der Waals surface area contributed by atoms with E-state index < -0.39 is 10.0 Å².